The van der Waals surface area contributed by atoms with Crippen LogP contribution in [0, 0.1) is 6.92 Å². The van der Waals surface area contributed by atoms with Crippen molar-refractivity contribution in [2.45, 2.75) is 5.79 Å². The van der Waals surface area contributed by atoms with Crippen molar-refractivity contribution in [2.75, 3.05) is 13.2 Å². The van der Waals surface area contributed by atoms with Crippen molar-refractivity contribution >= 4 is 0 Å². The van der Waals surface area contributed by atoms with Crippen molar-refractivity contribution in [1.29, 1.82) is 0 Å². The zero-order valence-corrected chi connectivity index (χ0v) is 6.82. The van der Waals surface area contributed by atoms with Gasteiger partial charge in [-0.2, -0.15) is 0 Å². The van der Waals surface area contributed by atoms with E-state index in [9.17, 15) is 0 Å². The van der Waals surface area contributed by atoms with Gasteiger partial charge in [-0.25, -0.2) is 0 Å². The Bertz CT molecular complexity index is 250. The van der Waals surface area contributed by atoms with E-state index in [0.717, 1.165) is 5.56 Å². The summed E-state index contributed by atoms with van der Waals surface area (Å²) in [5, 5.41) is 0. The average Bonchev–Trinajstić information content (AvgIpc) is 2.55. The smallest absolute Gasteiger partial charge is 0.195 e. The fraction of sp³-hybridized carbons (Fsp3) is 0.300. The summed E-state index contributed by atoms with van der Waals surface area (Å²) in [7, 11) is 0. The van der Waals surface area contributed by atoms with E-state index in [2.05, 4.69) is 6.92 Å². The first kappa shape index (κ1) is 7.77. The van der Waals surface area contributed by atoms with Gasteiger partial charge in [-0.15, -0.1) is 0 Å². The highest BCUT2D eigenvalue weighted by Gasteiger charge is 2.32. The molecule has 2 heteroatoms. The molecule has 0 amide bonds. The Morgan fingerprint density at radius 2 is 1.67 bits per heavy atom. The van der Waals surface area contributed by atoms with Gasteiger partial charge in [-0.3, -0.25) is 0 Å². The molecule has 1 saturated heterocycles. The topological polar surface area (TPSA) is 18.5 Å². The zero-order chi connectivity index (χ0) is 8.44. The quantitative estimate of drug-likeness (QED) is 0.627. The fourth-order valence-corrected chi connectivity index (χ4v) is 1.31. The van der Waals surface area contributed by atoms with Crippen LogP contribution >= 0.6 is 0 Å². The predicted octanol–water partition coefficient (Wildman–Crippen LogP) is 1.72. The molecule has 0 N–H and O–H groups in total. The molecule has 0 atom stereocenters. The standard InChI is InChI=1S/C10H11O2/c1-10(11-7-8-12-10)9-5-3-2-4-6-9/h2-6H,1,7-8H2. The largest absolute Gasteiger partial charge is 0.343 e. The summed E-state index contributed by atoms with van der Waals surface area (Å²) in [5.74, 6) is -0.763. The lowest BCUT2D eigenvalue weighted by molar-refractivity contribution is -0.126. The van der Waals surface area contributed by atoms with Crippen LogP contribution in [0.2, 0.25) is 0 Å². The average molecular weight is 163 g/mol. The molecule has 1 radical (unpaired) electrons. The van der Waals surface area contributed by atoms with Crippen LogP contribution in [-0.2, 0) is 15.3 Å². The maximum atomic E-state index is 5.39. The summed E-state index contributed by atoms with van der Waals surface area (Å²) in [6.07, 6.45) is 0. The van der Waals surface area contributed by atoms with E-state index < -0.39 is 5.79 Å². The number of hydrogen-bond acceptors (Lipinski definition) is 2. The van der Waals surface area contributed by atoms with Crippen LogP contribution in [0.1, 0.15) is 5.56 Å². The molecule has 1 fully saturated rings. The summed E-state index contributed by atoms with van der Waals surface area (Å²) in [6, 6.07) is 9.78. The van der Waals surface area contributed by atoms with E-state index in [1.165, 1.54) is 0 Å². The van der Waals surface area contributed by atoms with E-state index in [1.807, 2.05) is 30.3 Å². The molecule has 12 heavy (non-hydrogen) atoms. The Hall–Kier alpha value is -0.860. The molecule has 1 aliphatic rings. The van der Waals surface area contributed by atoms with Crippen molar-refractivity contribution in [2.24, 2.45) is 0 Å². The molecule has 0 aliphatic carbocycles. The fourth-order valence-electron chi connectivity index (χ4n) is 1.31. The lowest BCUT2D eigenvalue weighted by Gasteiger charge is -2.21. The van der Waals surface area contributed by atoms with E-state index in [1.54, 1.807) is 0 Å². The Morgan fingerprint density at radius 3 is 2.25 bits per heavy atom. The van der Waals surface area contributed by atoms with Crippen LogP contribution in [0.4, 0.5) is 0 Å². The number of benzene rings is 1. The van der Waals surface area contributed by atoms with Crippen LogP contribution < -0.4 is 0 Å². The molecule has 0 bridgehead atoms. The van der Waals surface area contributed by atoms with E-state index in [0.29, 0.717) is 13.2 Å². The van der Waals surface area contributed by atoms with Gasteiger partial charge in [0.25, 0.3) is 0 Å². The van der Waals surface area contributed by atoms with Crippen LogP contribution in [0.25, 0.3) is 0 Å². The predicted molar refractivity (Wildman–Crippen MR) is 45.4 cm³/mol. The third kappa shape index (κ3) is 1.24. The highest BCUT2D eigenvalue weighted by atomic mass is 16.7. The summed E-state index contributed by atoms with van der Waals surface area (Å²) in [6.45, 7) is 5.14. The first-order valence-electron chi connectivity index (χ1n) is 4.00. The Kier molecular flexibility index (Phi) is 1.87. The second-order valence-corrected chi connectivity index (χ2v) is 2.82. The molecule has 1 aromatic rings. The van der Waals surface area contributed by atoms with E-state index in [-0.39, 0.29) is 0 Å². The molecule has 2 rings (SSSR count). The molecule has 0 unspecified atom stereocenters. The Balaban J connectivity index is 2.29. The SMILES string of the molecule is [CH2]C1(c2ccccc2)OCCO1. The molecular weight excluding hydrogens is 152 g/mol. The van der Waals surface area contributed by atoms with Crippen LogP contribution in [-0.4, -0.2) is 13.2 Å². The van der Waals surface area contributed by atoms with Crippen molar-refractivity contribution in [1.82, 2.24) is 0 Å². The zero-order valence-electron chi connectivity index (χ0n) is 6.82. The molecular formula is C10H11O2. The second kappa shape index (κ2) is 2.88. The number of rotatable bonds is 1. The van der Waals surface area contributed by atoms with Gasteiger partial charge in [0.2, 0.25) is 0 Å². The Labute approximate surface area is 72.1 Å². The molecule has 0 saturated carbocycles. The lowest BCUT2D eigenvalue weighted by Crippen LogP contribution is -2.22. The third-order valence-electron chi connectivity index (χ3n) is 1.97. The minimum absolute atomic E-state index is 0.623. The number of ether oxygens (including phenoxy) is 2. The highest BCUT2D eigenvalue weighted by Crippen LogP contribution is 2.29. The van der Waals surface area contributed by atoms with E-state index >= 15 is 0 Å². The van der Waals surface area contributed by atoms with Crippen molar-refractivity contribution in [3.8, 4) is 0 Å². The first-order valence-corrected chi connectivity index (χ1v) is 4.00. The second-order valence-electron chi connectivity index (χ2n) is 2.82. The minimum Gasteiger partial charge on any atom is -0.343 e. The molecule has 1 aliphatic heterocycles. The van der Waals surface area contributed by atoms with Crippen LogP contribution in [0.5, 0.6) is 0 Å². The third-order valence-corrected chi connectivity index (χ3v) is 1.97. The van der Waals surface area contributed by atoms with Gasteiger partial charge >= 0.3 is 0 Å². The van der Waals surface area contributed by atoms with Gasteiger partial charge in [0.15, 0.2) is 5.79 Å². The molecule has 0 spiro atoms. The summed E-state index contributed by atoms with van der Waals surface area (Å²) in [4.78, 5) is 0. The van der Waals surface area contributed by atoms with Crippen LogP contribution in [0.3, 0.4) is 0 Å². The normalized spacial score (nSPS) is 21.1. The van der Waals surface area contributed by atoms with Gasteiger partial charge in [0.1, 0.15) is 0 Å². The number of hydrogen-bond donors (Lipinski definition) is 0. The summed E-state index contributed by atoms with van der Waals surface area (Å²) >= 11 is 0. The molecule has 2 nitrogen and oxygen atoms in total. The lowest BCUT2D eigenvalue weighted by atomic mass is 10.1. The van der Waals surface area contributed by atoms with Gasteiger partial charge in [-0.1, -0.05) is 30.3 Å². The van der Waals surface area contributed by atoms with Gasteiger partial charge in [0, 0.05) is 12.5 Å². The van der Waals surface area contributed by atoms with Gasteiger partial charge in [0.05, 0.1) is 13.2 Å². The monoisotopic (exact) mass is 163 g/mol. The maximum Gasteiger partial charge on any atom is 0.195 e. The summed E-state index contributed by atoms with van der Waals surface area (Å²) < 4.78 is 10.8. The van der Waals surface area contributed by atoms with Crippen molar-refractivity contribution in [3.63, 3.8) is 0 Å². The van der Waals surface area contributed by atoms with Gasteiger partial charge < -0.3 is 9.47 Å². The summed E-state index contributed by atoms with van der Waals surface area (Å²) in [5.41, 5.74) is 0.975. The molecule has 1 heterocycles. The van der Waals surface area contributed by atoms with Crippen molar-refractivity contribution in [3.05, 3.63) is 42.8 Å². The van der Waals surface area contributed by atoms with E-state index in [4.69, 9.17) is 9.47 Å². The van der Waals surface area contributed by atoms with Gasteiger partial charge in [-0.05, 0) is 0 Å². The first-order chi connectivity index (χ1) is 5.81. The Morgan fingerprint density at radius 1 is 1.08 bits per heavy atom. The maximum absolute atomic E-state index is 5.39. The van der Waals surface area contributed by atoms with Crippen LogP contribution in [0.15, 0.2) is 30.3 Å². The van der Waals surface area contributed by atoms with Crippen molar-refractivity contribution < 1.29 is 9.47 Å². The molecule has 63 valence electrons. The highest BCUT2D eigenvalue weighted by molar-refractivity contribution is 5.21. The molecule has 1 aromatic carbocycles. The minimum atomic E-state index is -0.763. The molecule has 0 aromatic heterocycles.